The highest BCUT2D eigenvalue weighted by molar-refractivity contribution is 7.10. The van der Waals surface area contributed by atoms with Crippen molar-refractivity contribution in [1.29, 1.82) is 0 Å². The Kier molecular flexibility index (Phi) is 7.83. The monoisotopic (exact) mass is 472 g/mol. The fourth-order valence-corrected chi connectivity index (χ4v) is 4.49. The van der Waals surface area contributed by atoms with Crippen LogP contribution in [0.25, 0.3) is 0 Å². The van der Waals surface area contributed by atoms with Crippen LogP contribution in [0.5, 0.6) is 0 Å². The van der Waals surface area contributed by atoms with Crippen LogP contribution in [0, 0.1) is 5.82 Å². The molecule has 2 amide bonds. The maximum atomic E-state index is 15.0. The van der Waals surface area contributed by atoms with Crippen molar-refractivity contribution < 1.29 is 14.0 Å². The molecule has 0 saturated heterocycles. The number of rotatable bonds is 9. The Bertz CT molecular complexity index is 1210. The van der Waals surface area contributed by atoms with Crippen LogP contribution in [0.3, 0.4) is 0 Å². The number of nitrogens with one attached hydrogen (secondary N) is 1. The van der Waals surface area contributed by atoms with Gasteiger partial charge in [0.1, 0.15) is 11.9 Å². The van der Waals surface area contributed by atoms with Crippen LogP contribution in [0.15, 0.2) is 102 Å². The van der Waals surface area contributed by atoms with Gasteiger partial charge in [0.2, 0.25) is 11.8 Å². The first kappa shape index (κ1) is 23.4. The number of nitrogens with zero attached hydrogens (tertiary/aromatic N) is 1. The van der Waals surface area contributed by atoms with Gasteiger partial charge in [-0.2, -0.15) is 0 Å². The second kappa shape index (κ2) is 11.4. The summed E-state index contributed by atoms with van der Waals surface area (Å²) in [6.07, 6.45) is 0.140. The molecule has 172 valence electrons. The maximum Gasteiger partial charge on any atom is 0.247 e. The number of hydrogen-bond acceptors (Lipinski definition) is 3. The van der Waals surface area contributed by atoms with Crippen LogP contribution in [-0.4, -0.2) is 16.7 Å². The predicted molar refractivity (Wildman–Crippen MR) is 132 cm³/mol. The third-order valence-corrected chi connectivity index (χ3v) is 6.37. The first-order valence-electron chi connectivity index (χ1n) is 11.0. The molecule has 1 atom stereocenters. The van der Waals surface area contributed by atoms with Gasteiger partial charge in [-0.15, -0.1) is 11.3 Å². The van der Waals surface area contributed by atoms with Crippen molar-refractivity contribution in [2.45, 2.75) is 25.6 Å². The Morgan fingerprint density at radius 2 is 1.47 bits per heavy atom. The maximum absolute atomic E-state index is 15.0. The largest absolute Gasteiger partial charge is 0.350 e. The van der Waals surface area contributed by atoms with E-state index < -0.39 is 17.8 Å². The Balaban J connectivity index is 1.69. The fourth-order valence-electron chi connectivity index (χ4n) is 3.80. The van der Waals surface area contributed by atoms with Crippen LogP contribution in [0.1, 0.15) is 27.6 Å². The summed E-state index contributed by atoms with van der Waals surface area (Å²) in [6, 6.07) is 27.7. The van der Waals surface area contributed by atoms with E-state index in [2.05, 4.69) is 5.32 Å². The fraction of sp³-hybridized carbons (Fsp3) is 0.143. The number of carbonyl (C=O) groups is 2. The summed E-state index contributed by atoms with van der Waals surface area (Å²) < 4.78 is 15.0. The minimum atomic E-state index is -1.11. The summed E-state index contributed by atoms with van der Waals surface area (Å²) in [5.41, 5.74) is 1.95. The summed E-state index contributed by atoms with van der Waals surface area (Å²) in [4.78, 5) is 29.5. The van der Waals surface area contributed by atoms with E-state index in [1.807, 2.05) is 78.2 Å². The molecule has 1 heterocycles. The molecule has 0 aliphatic rings. The quantitative estimate of drug-likeness (QED) is 0.349. The third-order valence-electron chi connectivity index (χ3n) is 5.49. The normalized spacial score (nSPS) is 11.6. The van der Waals surface area contributed by atoms with Gasteiger partial charge in [0.15, 0.2) is 0 Å². The van der Waals surface area contributed by atoms with Gasteiger partial charge in [0.25, 0.3) is 0 Å². The summed E-state index contributed by atoms with van der Waals surface area (Å²) in [6.45, 7) is 0.464. The molecule has 0 bridgehead atoms. The molecule has 1 aromatic heterocycles. The summed E-state index contributed by atoms with van der Waals surface area (Å²) in [7, 11) is 0. The molecule has 1 unspecified atom stereocenters. The minimum Gasteiger partial charge on any atom is -0.350 e. The zero-order valence-corrected chi connectivity index (χ0v) is 19.4. The molecule has 0 aliphatic heterocycles. The van der Waals surface area contributed by atoms with E-state index in [1.165, 1.54) is 22.3 Å². The lowest BCUT2D eigenvalue weighted by atomic mass is 10.0. The SMILES string of the molecule is O=C(NCc1ccccc1)C(c1ccccc1F)N(Cc1ccccc1)C(=O)Cc1cccs1. The molecule has 4 nitrogen and oxygen atoms in total. The molecule has 1 N–H and O–H groups in total. The molecule has 4 rings (SSSR count). The minimum absolute atomic E-state index is 0.140. The smallest absolute Gasteiger partial charge is 0.247 e. The van der Waals surface area contributed by atoms with Crippen molar-refractivity contribution in [1.82, 2.24) is 10.2 Å². The standard InChI is InChI=1S/C28H25FN2O2S/c29-25-16-8-7-15-24(25)27(28(33)30-19-21-10-3-1-4-11-21)31(20-22-12-5-2-6-13-22)26(32)18-23-14-9-17-34-23/h1-17,27H,18-20H2,(H,30,33). The van der Waals surface area contributed by atoms with E-state index in [0.29, 0.717) is 0 Å². The van der Waals surface area contributed by atoms with Gasteiger partial charge in [0.05, 0.1) is 6.42 Å². The Labute approximate surface area is 202 Å². The zero-order chi connectivity index (χ0) is 23.8. The Morgan fingerprint density at radius 1 is 0.824 bits per heavy atom. The lowest BCUT2D eigenvalue weighted by Gasteiger charge is -2.32. The number of amides is 2. The molecule has 3 aromatic carbocycles. The lowest BCUT2D eigenvalue weighted by Crippen LogP contribution is -2.44. The topological polar surface area (TPSA) is 49.4 Å². The van der Waals surface area contributed by atoms with E-state index in [0.717, 1.165) is 16.0 Å². The van der Waals surface area contributed by atoms with Crippen molar-refractivity contribution in [2.24, 2.45) is 0 Å². The van der Waals surface area contributed by atoms with Gasteiger partial charge >= 0.3 is 0 Å². The van der Waals surface area contributed by atoms with Crippen molar-refractivity contribution in [3.8, 4) is 0 Å². The summed E-state index contributed by atoms with van der Waals surface area (Å²) >= 11 is 1.48. The highest BCUT2D eigenvalue weighted by atomic mass is 32.1. The van der Waals surface area contributed by atoms with Gasteiger partial charge in [-0.3, -0.25) is 9.59 Å². The second-order valence-corrected chi connectivity index (χ2v) is 8.92. The number of benzene rings is 3. The van der Waals surface area contributed by atoms with E-state index in [9.17, 15) is 14.0 Å². The first-order valence-corrected chi connectivity index (χ1v) is 11.9. The summed E-state index contributed by atoms with van der Waals surface area (Å²) in [5.74, 6) is -1.19. The summed E-state index contributed by atoms with van der Waals surface area (Å²) in [5, 5.41) is 4.82. The third kappa shape index (κ3) is 5.97. The van der Waals surface area contributed by atoms with Crippen molar-refractivity contribution >= 4 is 23.2 Å². The number of carbonyl (C=O) groups excluding carboxylic acids is 2. The first-order chi connectivity index (χ1) is 16.6. The van der Waals surface area contributed by atoms with Crippen LogP contribution < -0.4 is 5.32 Å². The average Bonchev–Trinajstić information content (AvgIpc) is 3.38. The molecule has 0 radical (unpaired) electrons. The molecule has 0 spiro atoms. The van der Waals surface area contributed by atoms with Gasteiger partial charge < -0.3 is 10.2 Å². The molecule has 6 heteroatoms. The van der Waals surface area contributed by atoms with E-state index in [4.69, 9.17) is 0 Å². The van der Waals surface area contributed by atoms with Crippen LogP contribution >= 0.6 is 11.3 Å². The van der Waals surface area contributed by atoms with Crippen molar-refractivity contribution in [3.05, 3.63) is 130 Å². The van der Waals surface area contributed by atoms with Gasteiger partial charge in [-0.25, -0.2) is 4.39 Å². The van der Waals surface area contributed by atoms with E-state index in [-0.39, 0.29) is 31.0 Å². The van der Waals surface area contributed by atoms with Gasteiger partial charge in [-0.1, -0.05) is 84.9 Å². The van der Waals surface area contributed by atoms with E-state index in [1.54, 1.807) is 18.2 Å². The Morgan fingerprint density at radius 3 is 2.12 bits per heavy atom. The molecule has 4 aromatic rings. The average molecular weight is 473 g/mol. The molecule has 0 saturated carbocycles. The Hall–Kier alpha value is -3.77. The molecular weight excluding hydrogens is 447 g/mol. The zero-order valence-electron chi connectivity index (χ0n) is 18.6. The lowest BCUT2D eigenvalue weighted by molar-refractivity contribution is -0.141. The molecular formula is C28H25FN2O2S. The molecule has 34 heavy (non-hydrogen) atoms. The number of halogens is 1. The van der Waals surface area contributed by atoms with Gasteiger partial charge in [-0.05, 0) is 28.6 Å². The number of hydrogen-bond donors (Lipinski definition) is 1. The van der Waals surface area contributed by atoms with Crippen molar-refractivity contribution in [3.63, 3.8) is 0 Å². The van der Waals surface area contributed by atoms with Crippen LogP contribution in [0.2, 0.25) is 0 Å². The van der Waals surface area contributed by atoms with Crippen LogP contribution in [-0.2, 0) is 29.1 Å². The second-order valence-electron chi connectivity index (χ2n) is 7.89. The highest BCUT2D eigenvalue weighted by Gasteiger charge is 2.33. The van der Waals surface area contributed by atoms with E-state index >= 15 is 0 Å². The van der Waals surface area contributed by atoms with Crippen molar-refractivity contribution in [2.75, 3.05) is 0 Å². The highest BCUT2D eigenvalue weighted by Crippen LogP contribution is 2.27. The number of thiophene rings is 1. The predicted octanol–water partition coefficient (Wildman–Crippen LogP) is 5.52. The molecule has 0 aliphatic carbocycles. The molecule has 0 fully saturated rings. The van der Waals surface area contributed by atoms with Crippen LogP contribution in [0.4, 0.5) is 4.39 Å². The van der Waals surface area contributed by atoms with Gasteiger partial charge in [0, 0.05) is 23.5 Å².